The van der Waals surface area contributed by atoms with Crippen LogP contribution in [0.15, 0.2) is 42.5 Å². The van der Waals surface area contributed by atoms with Gasteiger partial charge in [-0.2, -0.15) is 0 Å². The molecule has 0 heterocycles. The van der Waals surface area contributed by atoms with Crippen LogP contribution in [0.5, 0.6) is 0 Å². The number of benzene rings is 2. The molecule has 0 radical (unpaired) electrons. The molecule has 2 rings (SSSR count). The second-order valence-electron chi connectivity index (χ2n) is 7.83. The molecule has 0 aliphatic heterocycles. The Morgan fingerprint density at radius 3 is 1.96 bits per heavy atom. The summed E-state index contributed by atoms with van der Waals surface area (Å²) in [5, 5.41) is 2.87. The van der Waals surface area contributed by atoms with Gasteiger partial charge >= 0.3 is 0 Å². The number of hydrogen-bond donors (Lipinski definition) is 1. The second kappa shape index (κ2) is 7.73. The molecule has 26 heavy (non-hydrogen) atoms. The van der Waals surface area contributed by atoms with Crippen LogP contribution < -0.4 is 10.2 Å². The first-order valence-electron chi connectivity index (χ1n) is 8.83. The highest BCUT2D eigenvalue weighted by atomic mass is 16.2. The van der Waals surface area contributed by atoms with Gasteiger partial charge in [0.25, 0.3) is 0 Å². The fourth-order valence-electron chi connectivity index (χ4n) is 2.89. The summed E-state index contributed by atoms with van der Waals surface area (Å²) in [6, 6.07) is 13.7. The van der Waals surface area contributed by atoms with Crippen LogP contribution in [-0.4, -0.2) is 18.4 Å². The van der Waals surface area contributed by atoms with Gasteiger partial charge in [-0.15, -0.1) is 0 Å². The van der Waals surface area contributed by atoms with Gasteiger partial charge in [0.15, 0.2) is 0 Å². The minimum atomic E-state index is -0.220. The summed E-state index contributed by atoms with van der Waals surface area (Å²) in [7, 11) is 0. The van der Waals surface area contributed by atoms with E-state index in [9.17, 15) is 9.59 Å². The highest BCUT2D eigenvalue weighted by Crippen LogP contribution is 2.24. The van der Waals surface area contributed by atoms with Crippen LogP contribution in [0.25, 0.3) is 0 Å². The first kappa shape index (κ1) is 19.7. The Bertz CT molecular complexity index is 782. The number of aryl methyl sites for hydroxylation is 2. The topological polar surface area (TPSA) is 49.4 Å². The first-order chi connectivity index (χ1) is 12.1. The van der Waals surface area contributed by atoms with Crippen molar-refractivity contribution in [2.45, 2.75) is 47.0 Å². The van der Waals surface area contributed by atoms with Crippen molar-refractivity contribution in [2.75, 3.05) is 16.8 Å². The summed E-state index contributed by atoms with van der Waals surface area (Å²) in [4.78, 5) is 26.0. The molecule has 2 aromatic carbocycles. The molecule has 0 bridgehead atoms. The molecule has 0 unspecified atom stereocenters. The summed E-state index contributed by atoms with van der Waals surface area (Å²) in [5.74, 6) is -0.379. The molecule has 2 amide bonds. The molecule has 0 spiro atoms. The molecular formula is C22H28N2O2. The maximum atomic E-state index is 12.4. The standard InChI is InChI=1S/C22H28N2O2/c1-15-11-16(2)13-20(12-15)24(17(3)25)14-21(26)23-19-9-7-18(8-10-19)22(4,5)6/h7-13H,14H2,1-6H3,(H,23,26). The Morgan fingerprint density at radius 2 is 1.50 bits per heavy atom. The van der Waals surface area contributed by atoms with Crippen molar-refractivity contribution in [3.63, 3.8) is 0 Å². The van der Waals surface area contributed by atoms with E-state index in [1.165, 1.54) is 17.4 Å². The van der Waals surface area contributed by atoms with E-state index in [1.807, 2.05) is 56.3 Å². The Morgan fingerprint density at radius 1 is 0.962 bits per heavy atom. The number of carbonyl (C=O) groups is 2. The number of anilines is 2. The Hall–Kier alpha value is -2.62. The minimum absolute atomic E-state index is 0.0146. The summed E-state index contributed by atoms with van der Waals surface area (Å²) in [5.41, 5.74) is 4.86. The van der Waals surface area contributed by atoms with Gasteiger partial charge in [0.05, 0.1) is 0 Å². The third-order valence-corrected chi connectivity index (χ3v) is 4.23. The Kier molecular flexibility index (Phi) is 5.86. The molecule has 138 valence electrons. The highest BCUT2D eigenvalue weighted by Gasteiger charge is 2.17. The van der Waals surface area contributed by atoms with Gasteiger partial charge in [0, 0.05) is 18.3 Å². The van der Waals surface area contributed by atoms with Crippen molar-refractivity contribution in [1.29, 1.82) is 0 Å². The first-order valence-corrected chi connectivity index (χ1v) is 8.83. The third-order valence-electron chi connectivity index (χ3n) is 4.23. The number of amides is 2. The van der Waals surface area contributed by atoms with E-state index in [-0.39, 0.29) is 23.8 Å². The van der Waals surface area contributed by atoms with Crippen molar-refractivity contribution in [2.24, 2.45) is 0 Å². The van der Waals surface area contributed by atoms with Crippen LogP contribution in [0.3, 0.4) is 0 Å². The molecule has 0 atom stereocenters. The number of carbonyl (C=O) groups excluding carboxylic acids is 2. The minimum Gasteiger partial charge on any atom is -0.325 e. The lowest BCUT2D eigenvalue weighted by atomic mass is 9.87. The molecule has 0 fully saturated rings. The predicted octanol–water partition coefficient (Wildman–Crippen LogP) is 4.59. The molecule has 1 N–H and O–H groups in total. The Balaban J connectivity index is 2.12. The molecule has 4 nitrogen and oxygen atoms in total. The van der Waals surface area contributed by atoms with Crippen LogP contribution in [0, 0.1) is 13.8 Å². The van der Waals surface area contributed by atoms with Crippen LogP contribution in [-0.2, 0) is 15.0 Å². The molecule has 0 aliphatic carbocycles. The second-order valence-corrected chi connectivity index (χ2v) is 7.83. The zero-order valence-electron chi connectivity index (χ0n) is 16.5. The fraction of sp³-hybridized carbons (Fsp3) is 0.364. The van der Waals surface area contributed by atoms with Crippen LogP contribution >= 0.6 is 0 Å². The summed E-state index contributed by atoms with van der Waals surface area (Å²) < 4.78 is 0. The lowest BCUT2D eigenvalue weighted by molar-refractivity contribution is -0.120. The van der Waals surface area contributed by atoms with Crippen molar-refractivity contribution >= 4 is 23.2 Å². The molecule has 0 aliphatic rings. The SMILES string of the molecule is CC(=O)N(CC(=O)Nc1ccc(C(C)(C)C)cc1)c1cc(C)cc(C)c1. The van der Waals surface area contributed by atoms with E-state index in [0.717, 1.165) is 22.5 Å². The fourth-order valence-corrected chi connectivity index (χ4v) is 2.89. The van der Waals surface area contributed by atoms with Crippen molar-refractivity contribution in [1.82, 2.24) is 0 Å². The molecular weight excluding hydrogens is 324 g/mol. The predicted molar refractivity (Wildman–Crippen MR) is 108 cm³/mol. The normalized spacial score (nSPS) is 11.2. The molecule has 2 aromatic rings. The summed E-state index contributed by atoms with van der Waals surface area (Å²) in [6.07, 6.45) is 0. The van der Waals surface area contributed by atoms with Gasteiger partial charge in [-0.25, -0.2) is 0 Å². The Labute approximate surface area is 156 Å². The molecule has 0 aromatic heterocycles. The molecule has 0 saturated carbocycles. The largest absolute Gasteiger partial charge is 0.325 e. The lowest BCUT2D eigenvalue weighted by Gasteiger charge is -2.22. The summed E-state index contributed by atoms with van der Waals surface area (Å²) >= 11 is 0. The van der Waals surface area contributed by atoms with E-state index < -0.39 is 0 Å². The molecule has 0 saturated heterocycles. The maximum absolute atomic E-state index is 12.4. The lowest BCUT2D eigenvalue weighted by Crippen LogP contribution is -2.36. The van der Waals surface area contributed by atoms with Crippen LogP contribution in [0.1, 0.15) is 44.4 Å². The monoisotopic (exact) mass is 352 g/mol. The van der Waals surface area contributed by atoms with Gasteiger partial charge in [0.1, 0.15) is 6.54 Å². The van der Waals surface area contributed by atoms with Crippen molar-refractivity contribution < 1.29 is 9.59 Å². The smallest absolute Gasteiger partial charge is 0.244 e. The highest BCUT2D eigenvalue weighted by molar-refractivity contribution is 6.01. The van der Waals surface area contributed by atoms with Gasteiger partial charge < -0.3 is 10.2 Å². The number of nitrogens with one attached hydrogen (secondary N) is 1. The van der Waals surface area contributed by atoms with Crippen LogP contribution in [0.4, 0.5) is 11.4 Å². The molecule has 4 heteroatoms. The van der Waals surface area contributed by atoms with Crippen molar-refractivity contribution in [3.8, 4) is 0 Å². The van der Waals surface area contributed by atoms with Crippen LogP contribution in [0.2, 0.25) is 0 Å². The van der Waals surface area contributed by atoms with E-state index in [2.05, 4.69) is 26.1 Å². The van der Waals surface area contributed by atoms with E-state index in [4.69, 9.17) is 0 Å². The average Bonchev–Trinajstić information content (AvgIpc) is 2.51. The van der Waals surface area contributed by atoms with Gasteiger partial charge in [-0.1, -0.05) is 39.0 Å². The van der Waals surface area contributed by atoms with Crippen molar-refractivity contribution in [3.05, 3.63) is 59.2 Å². The van der Waals surface area contributed by atoms with E-state index in [1.54, 1.807) is 0 Å². The zero-order valence-corrected chi connectivity index (χ0v) is 16.5. The number of hydrogen-bond acceptors (Lipinski definition) is 2. The van der Waals surface area contributed by atoms with Gasteiger partial charge in [-0.05, 0) is 60.2 Å². The summed E-state index contributed by atoms with van der Waals surface area (Å²) in [6.45, 7) is 11.9. The van der Waals surface area contributed by atoms with E-state index in [0.29, 0.717) is 0 Å². The number of nitrogens with zero attached hydrogens (tertiary/aromatic N) is 1. The number of rotatable bonds is 4. The quantitative estimate of drug-likeness (QED) is 0.875. The third kappa shape index (κ3) is 5.19. The van der Waals surface area contributed by atoms with Gasteiger partial charge in [-0.3, -0.25) is 9.59 Å². The zero-order chi connectivity index (χ0) is 19.5. The average molecular weight is 352 g/mol. The maximum Gasteiger partial charge on any atom is 0.244 e. The van der Waals surface area contributed by atoms with Gasteiger partial charge in [0.2, 0.25) is 11.8 Å². The van der Waals surface area contributed by atoms with E-state index >= 15 is 0 Å².